The third kappa shape index (κ3) is 6.25. The van der Waals surface area contributed by atoms with E-state index in [0.717, 1.165) is 11.1 Å². The van der Waals surface area contributed by atoms with Crippen molar-refractivity contribution >= 4 is 18.6 Å². The highest BCUT2D eigenvalue weighted by Crippen LogP contribution is 2.31. The Balaban J connectivity index is 1.57. The summed E-state index contributed by atoms with van der Waals surface area (Å²) < 4.78 is 24.2. The van der Waals surface area contributed by atoms with E-state index in [2.05, 4.69) is 12.6 Å². The smallest absolute Gasteiger partial charge is 0.338 e. The van der Waals surface area contributed by atoms with Gasteiger partial charge in [-0.1, -0.05) is 78.9 Å². The Kier molecular flexibility index (Phi) is 8.73. The third-order valence-electron chi connectivity index (χ3n) is 5.61. The van der Waals surface area contributed by atoms with Crippen LogP contribution < -0.4 is 0 Å². The average molecular weight is 481 g/mol. The number of hydrogen-bond acceptors (Lipinski definition) is 7. The van der Waals surface area contributed by atoms with Gasteiger partial charge in [-0.3, -0.25) is 0 Å². The van der Waals surface area contributed by atoms with Crippen LogP contribution >= 0.6 is 12.6 Å². The lowest BCUT2D eigenvalue weighted by atomic mass is 9.99. The van der Waals surface area contributed by atoms with Gasteiger partial charge in [-0.05, 0) is 23.3 Å². The molecule has 4 rings (SSSR count). The predicted molar refractivity (Wildman–Crippen MR) is 130 cm³/mol. The first-order valence-electron chi connectivity index (χ1n) is 11.2. The summed E-state index contributed by atoms with van der Waals surface area (Å²) in [6.45, 7) is 0.267. The summed E-state index contributed by atoms with van der Waals surface area (Å²) >= 11 is 4.53. The van der Waals surface area contributed by atoms with E-state index in [-0.39, 0.29) is 19.8 Å². The Morgan fingerprint density at radius 3 is 1.79 bits per heavy atom. The molecule has 178 valence electrons. The fraction of sp³-hybridized carbons (Fsp3) is 0.296. The van der Waals surface area contributed by atoms with Gasteiger partial charge in [0.25, 0.3) is 0 Å². The van der Waals surface area contributed by atoms with Crippen molar-refractivity contribution in [2.75, 3.05) is 6.61 Å². The lowest BCUT2D eigenvalue weighted by Crippen LogP contribution is -2.60. The van der Waals surface area contributed by atoms with Crippen molar-refractivity contribution in [2.24, 2.45) is 0 Å². The van der Waals surface area contributed by atoms with E-state index in [4.69, 9.17) is 18.9 Å². The van der Waals surface area contributed by atoms with E-state index < -0.39 is 35.8 Å². The van der Waals surface area contributed by atoms with Gasteiger partial charge in [-0.2, -0.15) is 0 Å². The molecule has 0 radical (unpaired) electrons. The fourth-order valence-corrected chi connectivity index (χ4v) is 4.24. The number of aliphatic hydroxyl groups excluding tert-OH is 1. The summed E-state index contributed by atoms with van der Waals surface area (Å²) in [7, 11) is 0. The molecule has 3 aromatic rings. The molecule has 6 nitrogen and oxygen atoms in total. The largest absolute Gasteiger partial charge is 0.452 e. The van der Waals surface area contributed by atoms with Crippen LogP contribution in [0.4, 0.5) is 0 Å². The van der Waals surface area contributed by atoms with Crippen LogP contribution in [0.15, 0.2) is 91.0 Å². The summed E-state index contributed by atoms with van der Waals surface area (Å²) in [4.78, 5) is 12.9. The second-order valence-electron chi connectivity index (χ2n) is 8.01. The number of carbonyl (C=O) groups is 1. The monoisotopic (exact) mass is 480 g/mol. The zero-order valence-corrected chi connectivity index (χ0v) is 19.5. The molecule has 3 aromatic carbocycles. The minimum absolute atomic E-state index is 0.273. The van der Waals surface area contributed by atoms with Crippen LogP contribution in [-0.2, 0) is 32.2 Å². The quantitative estimate of drug-likeness (QED) is 0.356. The normalized spacial score (nSPS) is 24.5. The first-order valence-corrected chi connectivity index (χ1v) is 11.7. The van der Waals surface area contributed by atoms with Gasteiger partial charge in [0, 0.05) is 0 Å². The SMILES string of the molecule is O=C(O[C@@H]1[C@@H](OCc2ccccc2)[C@H](OCc2ccccc2)[C@@H](CO)O[C@@H]1S)c1ccccc1. The summed E-state index contributed by atoms with van der Waals surface area (Å²) in [5, 5.41) is 10.0. The average Bonchev–Trinajstić information content (AvgIpc) is 2.89. The molecular formula is C27H28O6S. The van der Waals surface area contributed by atoms with Crippen molar-refractivity contribution in [2.45, 2.75) is 43.1 Å². The van der Waals surface area contributed by atoms with Crippen LogP contribution in [0.3, 0.4) is 0 Å². The maximum Gasteiger partial charge on any atom is 0.338 e. The molecule has 0 bridgehead atoms. The summed E-state index contributed by atoms with van der Waals surface area (Å²) in [5.41, 5.74) is 1.53. The number of benzene rings is 3. The van der Waals surface area contributed by atoms with Crippen molar-refractivity contribution < 1.29 is 28.8 Å². The van der Waals surface area contributed by atoms with E-state index in [9.17, 15) is 9.90 Å². The van der Waals surface area contributed by atoms with Crippen LogP contribution in [0.25, 0.3) is 0 Å². The summed E-state index contributed by atoms with van der Waals surface area (Å²) in [6.07, 6.45) is -2.96. The molecule has 0 amide bonds. The highest BCUT2D eigenvalue weighted by atomic mass is 32.1. The molecule has 0 aromatic heterocycles. The topological polar surface area (TPSA) is 74.2 Å². The van der Waals surface area contributed by atoms with Gasteiger partial charge in [0.05, 0.1) is 25.4 Å². The maximum absolute atomic E-state index is 12.9. The van der Waals surface area contributed by atoms with Gasteiger partial charge in [-0.15, -0.1) is 12.6 Å². The van der Waals surface area contributed by atoms with E-state index >= 15 is 0 Å². The van der Waals surface area contributed by atoms with Crippen molar-refractivity contribution in [3.63, 3.8) is 0 Å². The lowest BCUT2D eigenvalue weighted by Gasteiger charge is -2.44. The highest BCUT2D eigenvalue weighted by molar-refractivity contribution is 7.80. The van der Waals surface area contributed by atoms with Gasteiger partial charge < -0.3 is 24.1 Å². The van der Waals surface area contributed by atoms with Gasteiger partial charge in [0.15, 0.2) is 6.10 Å². The Morgan fingerprint density at radius 1 is 0.765 bits per heavy atom. The molecule has 0 spiro atoms. The Bertz CT molecular complexity index is 1020. The van der Waals surface area contributed by atoms with E-state index in [1.54, 1.807) is 24.3 Å². The van der Waals surface area contributed by atoms with Crippen LogP contribution in [0.1, 0.15) is 21.5 Å². The standard InChI is InChI=1S/C27H28O6S/c28-16-22-23(30-17-19-10-4-1-5-11-19)24(31-18-20-12-6-2-7-13-20)25(27(34)32-22)33-26(29)21-14-8-3-9-15-21/h1-15,22-25,27-28,34H,16-18H2/t22-,23-,24+,25-,27-/m1/s1. The van der Waals surface area contributed by atoms with Gasteiger partial charge in [0.1, 0.15) is 23.7 Å². The molecular weight excluding hydrogens is 452 g/mol. The third-order valence-corrected chi connectivity index (χ3v) is 6.03. The zero-order chi connectivity index (χ0) is 23.8. The van der Waals surface area contributed by atoms with Crippen LogP contribution in [0.2, 0.25) is 0 Å². The Hall–Kier alpha value is -2.68. The number of esters is 1. The molecule has 1 aliphatic heterocycles. The first-order chi connectivity index (χ1) is 16.7. The molecule has 1 saturated heterocycles. The minimum atomic E-state index is -0.858. The molecule has 0 unspecified atom stereocenters. The van der Waals surface area contributed by atoms with Crippen LogP contribution in [-0.4, -0.2) is 47.5 Å². The number of thiol groups is 1. The number of carbonyl (C=O) groups excluding carboxylic acids is 1. The highest BCUT2D eigenvalue weighted by Gasteiger charge is 2.48. The van der Waals surface area contributed by atoms with Crippen molar-refractivity contribution in [3.05, 3.63) is 108 Å². The second kappa shape index (κ2) is 12.1. The lowest BCUT2D eigenvalue weighted by molar-refractivity contribution is -0.239. The second-order valence-corrected chi connectivity index (χ2v) is 8.52. The van der Waals surface area contributed by atoms with E-state index in [1.165, 1.54) is 0 Å². The van der Waals surface area contributed by atoms with Gasteiger partial charge in [0.2, 0.25) is 0 Å². The predicted octanol–water partition coefficient (Wildman–Crippen LogP) is 4.03. The van der Waals surface area contributed by atoms with Crippen molar-refractivity contribution in [3.8, 4) is 0 Å². The van der Waals surface area contributed by atoms with Crippen LogP contribution in [0.5, 0.6) is 0 Å². The van der Waals surface area contributed by atoms with Gasteiger partial charge >= 0.3 is 5.97 Å². The number of aliphatic hydroxyl groups is 1. The van der Waals surface area contributed by atoms with Crippen LogP contribution in [0, 0.1) is 0 Å². The molecule has 0 saturated carbocycles. The Morgan fingerprint density at radius 2 is 1.26 bits per heavy atom. The summed E-state index contributed by atoms with van der Waals surface area (Å²) in [5.74, 6) is -0.509. The number of rotatable bonds is 9. The molecule has 1 heterocycles. The molecule has 7 heteroatoms. The molecule has 34 heavy (non-hydrogen) atoms. The molecule has 1 aliphatic rings. The first kappa shape index (κ1) is 24.4. The molecule has 0 aliphatic carbocycles. The van der Waals surface area contributed by atoms with Crippen molar-refractivity contribution in [1.82, 2.24) is 0 Å². The number of ether oxygens (including phenoxy) is 4. The maximum atomic E-state index is 12.9. The Labute approximate surface area is 204 Å². The van der Waals surface area contributed by atoms with Crippen molar-refractivity contribution in [1.29, 1.82) is 0 Å². The fourth-order valence-electron chi connectivity index (χ4n) is 3.86. The number of hydrogen-bond donors (Lipinski definition) is 2. The molecule has 1 N–H and O–H groups in total. The van der Waals surface area contributed by atoms with E-state index in [1.807, 2.05) is 66.7 Å². The zero-order valence-electron chi connectivity index (χ0n) is 18.6. The molecule has 5 atom stereocenters. The minimum Gasteiger partial charge on any atom is -0.452 e. The molecule has 1 fully saturated rings. The van der Waals surface area contributed by atoms with Gasteiger partial charge in [-0.25, -0.2) is 4.79 Å². The van der Waals surface area contributed by atoms with E-state index in [0.29, 0.717) is 5.56 Å². The summed E-state index contributed by atoms with van der Waals surface area (Å²) in [6, 6.07) is 28.1.